The highest BCUT2D eigenvalue weighted by Gasteiger charge is 2.32. The van der Waals surface area contributed by atoms with Crippen LogP contribution in [-0.4, -0.2) is 55.0 Å². The molecule has 1 aromatic rings. The fraction of sp³-hybridized carbons (Fsp3) is 0.611. The van der Waals surface area contributed by atoms with E-state index < -0.39 is 0 Å². The summed E-state index contributed by atoms with van der Waals surface area (Å²) >= 11 is 0. The van der Waals surface area contributed by atoms with Gasteiger partial charge in [-0.1, -0.05) is 18.2 Å². The van der Waals surface area contributed by atoms with E-state index in [2.05, 4.69) is 11.0 Å². The van der Waals surface area contributed by atoms with Crippen molar-refractivity contribution in [2.75, 3.05) is 33.3 Å². The summed E-state index contributed by atoms with van der Waals surface area (Å²) in [6.45, 7) is 4.35. The predicted octanol–water partition coefficient (Wildman–Crippen LogP) is 1.47. The molecule has 126 valence electrons. The number of piperazine rings is 1. The monoisotopic (exact) mass is 317 g/mol. The number of carbonyl (C=O) groups excluding carboxylic acids is 1. The Balaban J connectivity index is 1.51. The zero-order chi connectivity index (χ0) is 16.2. The number of para-hydroxylation sites is 1. The molecule has 1 saturated carbocycles. The largest absolute Gasteiger partial charge is 0.496 e. The van der Waals surface area contributed by atoms with Crippen LogP contribution in [0.2, 0.25) is 0 Å². The number of hydrogen-bond donors (Lipinski definition) is 1. The van der Waals surface area contributed by atoms with Crippen molar-refractivity contribution in [1.29, 1.82) is 0 Å². The van der Waals surface area contributed by atoms with Gasteiger partial charge in [-0.3, -0.25) is 9.69 Å². The highest BCUT2D eigenvalue weighted by molar-refractivity contribution is 5.79. The lowest BCUT2D eigenvalue weighted by Gasteiger charge is -2.36. The molecule has 0 spiro atoms. The van der Waals surface area contributed by atoms with Crippen LogP contribution in [0.4, 0.5) is 0 Å². The molecule has 0 unspecified atom stereocenters. The summed E-state index contributed by atoms with van der Waals surface area (Å²) < 4.78 is 5.42. The summed E-state index contributed by atoms with van der Waals surface area (Å²) in [5.74, 6) is 1.41. The van der Waals surface area contributed by atoms with Gasteiger partial charge < -0.3 is 15.4 Å². The molecular formula is C18H27N3O2. The second-order valence-electron chi connectivity index (χ2n) is 6.68. The van der Waals surface area contributed by atoms with E-state index in [1.165, 1.54) is 5.56 Å². The van der Waals surface area contributed by atoms with Crippen LogP contribution in [0, 0.1) is 5.92 Å². The van der Waals surface area contributed by atoms with Crippen molar-refractivity contribution in [3.63, 3.8) is 0 Å². The lowest BCUT2D eigenvalue weighted by molar-refractivity contribution is -0.137. The van der Waals surface area contributed by atoms with Crippen molar-refractivity contribution in [2.45, 2.75) is 31.8 Å². The molecule has 1 amide bonds. The van der Waals surface area contributed by atoms with Gasteiger partial charge in [-0.25, -0.2) is 0 Å². The number of nitrogens with two attached hydrogens (primary N) is 1. The van der Waals surface area contributed by atoms with E-state index in [4.69, 9.17) is 10.5 Å². The summed E-state index contributed by atoms with van der Waals surface area (Å²) in [7, 11) is 1.71. The Labute approximate surface area is 138 Å². The Morgan fingerprint density at radius 3 is 2.61 bits per heavy atom. The molecule has 0 radical (unpaired) electrons. The second-order valence-corrected chi connectivity index (χ2v) is 6.68. The summed E-state index contributed by atoms with van der Waals surface area (Å²) in [6.07, 6.45) is 2.81. The zero-order valence-electron chi connectivity index (χ0n) is 13.9. The van der Waals surface area contributed by atoms with Crippen LogP contribution >= 0.6 is 0 Å². The molecule has 0 aromatic heterocycles. The van der Waals surface area contributed by atoms with E-state index in [0.29, 0.717) is 5.91 Å². The molecule has 1 heterocycles. The maximum atomic E-state index is 12.5. The molecule has 5 nitrogen and oxygen atoms in total. The van der Waals surface area contributed by atoms with Crippen LogP contribution in [0.3, 0.4) is 0 Å². The number of nitrogens with zero attached hydrogens (tertiary/aromatic N) is 2. The van der Waals surface area contributed by atoms with Gasteiger partial charge >= 0.3 is 0 Å². The molecule has 1 aromatic carbocycles. The molecular weight excluding hydrogens is 290 g/mol. The van der Waals surface area contributed by atoms with E-state index in [9.17, 15) is 4.79 Å². The first kappa shape index (κ1) is 16.3. The van der Waals surface area contributed by atoms with E-state index in [-0.39, 0.29) is 12.0 Å². The highest BCUT2D eigenvalue weighted by atomic mass is 16.5. The van der Waals surface area contributed by atoms with Gasteiger partial charge in [-0.2, -0.15) is 0 Å². The molecule has 2 fully saturated rings. The van der Waals surface area contributed by atoms with Gasteiger partial charge in [0.15, 0.2) is 0 Å². The Kier molecular flexibility index (Phi) is 5.18. The SMILES string of the molecule is COc1ccccc1CN1CCN(C(=O)[C@@H]2CC[C@H](N)C2)CC1. The van der Waals surface area contributed by atoms with Crippen molar-refractivity contribution >= 4 is 5.91 Å². The van der Waals surface area contributed by atoms with E-state index in [1.54, 1.807) is 7.11 Å². The maximum Gasteiger partial charge on any atom is 0.225 e. The Morgan fingerprint density at radius 1 is 1.22 bits per heavy atom. The summed E-state index contributed by atoms with van der Waals surface area (Å²) in [6, 6.07) is 8.36. The van der Waals surface area contributed by atoms with Crippen LogP contribution < -0.4 is 10.5 Å². The van der Waals surface area contributed by atoms with Crippen LogP contribution in [0.15, 0.2) is 24.3 Å². The Bertz CT molecular complexity index is 541. The van der Waals surface area contributed by atoms with Gasteiger partial charge in [0.05, 0.1) is 7.11 Å². The van der Waals surface area contributed by atoms with E-state index in [0.717, 1.165) is 57.7 Å². The lowest BCUT2D eigenvalue weighted by Crippen LogP contribution is -2.49. The van der Waals surface area contributed by atoms with Gasteiger partial charge in [-0.05, 0) is 25.3 Å². The van der Waals surface area contributed by atoms with Gasteiger partial charge in [0.2, 0.25) is 5.91 Å². The fourth-order valence-corrected chi connectivity index (χ4v) is 3.70. The van der Waals surface area contributed by atoms with Crippen LogP contribution in [0.25, 0.3) is 0 Å². The molecule has 2 N–H and O–H groups in total. The third kappa shape index (κ3) is 3.85. The van der Waals surface area contributed by atoms with Gasteiger partial charge in [0, 0.05) is 50.2 Å². The van der Waals surface area contributed by atoms with Gasteiger partial charge in [0.1, 0.15) is 5.75 Å². The van der Waals surface area contributed by atoms with Crippen molar-refractivity contribution in [3.8, 4) is 5.75 Å². The van der Waals surface area contributed by atoms with E-state index in [1.807, 2.05) is 23.1 Å². The Morgan fingerprint density at radius 2 is 1.96 bits per heavy atom. The molecule has 1 aliphatic heterocycles. The van der Waals surface area contributed by atoms with Gasteiger partial charge in [0.25, 0.3) is 0 Å². The summed E-state index contributed by atoms with van der Waals surface area (Å²) in [5, 5.41) is 0. The topological polar surface area (TPSA) is 58.8 Å². The third-order valence-electron chi connectivity index (χ3n) is 5.09. The highest BCUT2D eigenvalue weighted by Crippen LogP contribution is 2.27. The van der Waals surface area contributed by atoms with Crippen molar-refractivity contribution in [1.82, 2.24) is 9.80 Å². The minimum absolute atomic E-state index is 0.158. The normalized spacial score (nSPS) is 25.6. The van der Waals surface area contributed by atoms with Crippen molar-refractivity contribution in [2.24, 2.45) is 11.7 Å². The predicted molar refractivity (Wildman–Crippen MR) is 90.2 cm³/mol. The van der Waals surface area contributed by atoms with Crippen molar-refractivity contribution < 1.29 is 9.53 Å². The minimum Gasteiger partial charge on any atom is -0.496 e. The van der Waals surface area contributed by atoms with Crippen LogP contribution in [0.1, 0.15) is 24.8 Å². The quantitative estimate of drug-likeness (QED) is 0.913. The number of rotatable bonds is 4. The number of carbonyl (C=O) groups is 1. The molecule has 2 atom stereocenters. The maximum absolute atomic E-state index is 12.5. The average Bonchev–Trinajstić information content (AvgIpc) is 3.02. The third-order valence-corrected chi connectivity index (χ3v) is 5.09. The average molecular weight is 317 g/mol. The Hall–Kier alpha value is -1.59. The van der Waals surface area contributed by atoms with Crippen LogP contribution in [0.5, 0.6) is 5.75 Å². The minimum atomic E-state index is 0.158. The van der Waals surface area contributed by atoms with E-state index >= 15 is 0 Å². The molecule has 5 heteroatoms. The molecule has 23 heavy (non-hydrogen) atoms. The number of benzene rings is 1. The second kappa shape index (κ2) is 7.32. The first-order valence-electron chi connectivity index (χ1n) is 8.56. The first-order valence-corrected chi connectivity index (χ1v) is 8.56. The zero-order valence-corrected chi connectivity index (χ0v) is 13.9. The summed E-state index contributed by atoms with van der Waals surface area (Å²) in [5.41, 5.74) is 7.14. The molecule has 0 bridgehead atoms. The first-order chi connectivity index (χ1) is 11.2. The molecule has 1 saturated heterocycles. The fourth-order valence-electron chi connectivity index (χ4n) is 3.70. The standard InChI is InChI=1S/C18H27N3O2/c1-23-17-5-3-2-4-15(17)13-20-8-10-21(11-9-20)18(22)14-6-7-16(19)12-14/h2-5,14,16H,6-13,19H2,1H3/t14-,16+/m1/s1. The van der Waals surface area contributed by atoms with Crippen LogP contribution in [-0.2, 0) is 11.3 Å². The molecule has 1 aliphatic carbocycles. The number of ether oxygens (including phenoxy) is 1. The molecule has 3 rings (SSSR count). The smallest absolute Gasteiger partial charge is 0.225 e. The number of amides is 1. The van der Waals surface area contributed by atoms with Gasteiger partial charge in [-0.15, -0.1) is 0 Å². The number of hydrogen-bond acceptors (Lipinski definition) is 4. The van der Waals surface area contributed by atoms with Crippen molar-refractivity contribution in [3.05, 3.63) is 29.8 Å². The number of methoxy groups -OCH3 is 1. The molecule has 2 aliphatic rings. The summed E-state index contributed by atoms with van der Waals surface area (Å²) in [4.78, 5) is 17.0. The lowest BCUT2D eigenvalue weighted by atomic mass is 10.1.